The van der Waals surface area contributed by atoms with Crippen molar-refractivity contribution in [3.63, 3.8) is 0 Å². The highest BCUT2D eigenvalue weighted by molar-refractivity contribution is 5.85. The second-order valence-corrected chi connectivity index (χ2v) is 3.16. The lowest BCUT2D eigenvalue weighted by molar-refractivity contribution is 0.306. The van der Waals surface area contributed by atoms with Crippen LogP contribution in [0.5, 0.6) is 5.75 Å². The average Bonchev–Trinajstić information content (AvgIpc) is 2.59. The SMILES string of the molecule is Nc1cc2c(cnn2NCCO)cc1O. The predicted octanol–water partition coefficient (Wildman–Crippen LogP) is -0.140. The number of nitrogens with one attached hydrogen (secondary N) is 1. The van der Waals surface area contributed by atoms with Crippen LogP contribution in [0.15, 0.2) is 18.3 Å². The molecule has 0 amide bonds. The highest BCUT2D eigenvalue weighted by Gasteiger charge is 2.05. The van der Waals surface area contributed by atoms with E-state index in [1.165, 1.54) is 4.79 Å². The Hall–Kier alpha value is -1.95. The molecule has 1 heterocycles. The van der Waals surface area contributed by atoms with Gasteiger partial charge in [-0.3, -0.25) is 0 Å². The fourth-order valence-corrected chi connectivity index (χ4v) is 1.36. The highest BCUT2D eigenvalue weighted by Crippen LogP contribution is 2.25. The Balaban J connectivity index is 2.45. The van der Waals surface area contributed by atoms with E-state index in [0.717, 1.165) is 10.9 Å². The number of phenols is 1. The minimum absolute atomic E-state index is 0.0227. The first-order chi connectivity index (χ1) is 7.22. The van der Waals surface area contributed by atoms with E-state index < -0.39 is 0 Å². The first-order valence-electron chi connectivity index (χ1n) is 4.53. The van der Waals surface area contributed by atoms with E-state index in [1.807, 2.05) is 0 Å². The van der Waals surface area contributed by atoms with E-state index in [0.29, 0.717) is 12.2 Å². The number of hydrogen-bond donors (Lipinski definition) is 4. The summed E-state index contributed by atoms with van der Waals surface area (Å²) in [5.41, 5.74) is 9.52. The van der Waals surface area contributed by atoms with E-state index in [1.54, 1.807) is 18.3 Å². The largest absolute Gasteiger partial charge is 0.506 e. The third kappa shape index (κ3) is 1.66. The Kier molecular flexibility index (Phi) is 2.34. The lowest BCUT2D eigenvalue weighted by Gasteiger charge is -2.06. The number of nitrogens with zero attached hydrogens (tertiary/aromatic N) is 2. The van der Waals surface area contributed by atoms with Gasteiger partial charge in [0.15, 0.2) is 0 Å². The lowest BCUT2D eigenvalue weighted by Crippen LogP contribution is -2.19. The predicted molar refractivity (Wildman–Crippen MR) is 57.1 cm³/mol. The summed E-state index contributed by atoms with van der Waals surface area (Å²) in [5, 5.41) is 22.9. The zero-order valence-corrected chi connectivity index (χ0v) is 8.01. The van der Waals surface area contributed by atoms with Gasteiger partial charge in [-0.25, -0.2) is 0 Å². The van der Waals surface area contributed by atoms with Crippen LogP contribution < -0.4 is 11.2 Å². The van der Waals surface area contributed by atoms with Gasteiger partial charge in [-0.1, -0.05) is 0 Å². The first-order valence-corrected chi connectivity index (χ1v) is 4.53. The summed E-state index contributed by atoms with van der Waals surface area (Å²) in [4.78, 5) is 1.52. The van der Waals surface area contributed by atoms with Crippen molar-refractivity contribution < 1.29 is 10.2 Å². The average molecular weight is 208 g/mol. The summed E-state index contributed by atoms with van der Waals surface area (Å²) in [7, 11) is 0. The molecule has 0 aliphatic rings. The number of anilines is 1. The number of aliphatic hydroxyl groups is 1. The summed E-state index contributed by atoms with van der Waals surface area (Å²) in [5.74, 6) is 0.0456. The zero-order chi connectivity index (χ0) is 10.8. The normalized spacial score (nSPS) is 10.7. The van der Waals surface area contributed by atoms with Crippen LogP contribution in [-0.2, 0) is 0 Å². The Morgan fingerprint density at radius 3 is 3.00 bits per heavy atom. The van der Waals surface area contributed by atoms with Crippen molar-refractivity contribution >= 4 is 16.6 Å². The molecule has 0 aliphatic heterocycles. The molecule has 2 aromatic rings. The van der Waals surface area contributed by atoms with Gasteiger partial charge >= 0.3 is 0 Å². The summed E-state index contributed by atoms with van der Waals surface area (Å²) >= 11 is 0. The van der Waals surface area contributed by atoms with Gasteiger partial charge in [0.1, 0.15) is 5.75 Å². The molecule has 6 nitrogen and oxygen atoms in total. The summed E-state index contributed by atoms with van der Waals surface area (Å²) in [6, 6.07) is 3.18. The van der Waals surface area contributed by atoms with E-state index in [4.69, 9.17) is 10.8 Å². The maximum Gasteiger partial charge on any atom is 0.139 e. The number of fused-ring (bicyclic) bond motifs is 1. The molecule has 0 saturated heterocycles. The molecule has 15 heavy (non-hydrogen) atoms. The standard InChI is InChI=1S/C9H12N4O2/c10-7-4-8-6(3-9(7)15)5-12-13(8)11-1-2-14/h3-5,11,14-15H,1-2,10H2. The quantitative estimate of drug-likeness (QED) is 0.416. The van der Waals surface area contributed by atoms with Gasteiger partial charge in [-0.05, 0) is 12.1 Å². The molecule has 0 radical (unpaired) electrons. The highest BCUT2D eigenvalue weighted by atomic mass is 16.3. The van der Waals surface area contributed by atoms with Gasteiger partial charge in [0.2, 0.25) is 0 Å². The number of benzene rings is 1. The Morgan fingerprint density at radius 2 is 2.27 bits per heavy atom. The van der Waals surface area contributed by atoms with Crippen LogP contribution in [0.3, 0.4) is 0 Å². The number of hydrogen-bond acceptors (Lipinski definition) is 5. The number of aromatic hydroxyl groups is 1. The van der Waals surface area contributed by atoms with Crippen LogP contribution in [0.25, 0.3) is 10.9 Å². The van der Waals surface area contributed by atoms with Crippen LogP contribution >= 0.6 is 0 Å². The minimum atomic E-state index is 0.0227. The molecule has 0 aliphatic carbocycles. The van der Waals surface area contributed by atoms with Crippen molar-refractivity contribution in [3.05, 3.63) is 18.3 Å². The fourth-order valence-electron chi connectivity index (χ4n) is 1.36. The molecule has 1 aromatic heterocycles. The maximum atomic E-state index is 9.38. The Morgan fingerprint density at radius 1 is 1.47 bits per heavy atom. The molecule has 5 N–H and O–H groups in total. The molecular formula is C9H12N4O2. The van der Waals surface area contributed by atoms with E-state index in [9.17, 15) is 5.11 Å². The number of phenolic OH excluding ortho intramolecular Hbond substituents is 1. The molecule has 1 aromatic carbocycles. The van der Waals surface area contributed by atoms with E-state index >= 15 is 0 Å². The van der Waals surface area contributed by atoms with Gasteiger partial charge in [-0.2, -0.15) is 9.89 Å². The maximum absolute atomic E-state index is 9.38. The second-order valence-electron chi connectivity index (χ2n) is 3.16. The van der Waals surface area contributed by atoms with Crippen LogP contribution in [0.2, 0.25) is 0 Å². The molecule has 80 valence electrons. The smallest absolute Gasteiger partial charge is 0.139 e. The molecule has 0 saturated carbocycles. The molecular weight excluding hydrogens is 196 g/mol. The Bertz CT molecular complexity index is 480. The van der Waals surface area contributed by atoms with Crippen LogP contribution in [0.4, 0.5) is 5.69 Å². The number of aromatic nitrogens is 2. The van der Waals surface area contributed by atoms with Gasteiger partial charge in [-0.15, -0.1) is 0 Å². The van der Waals surface area contributed by atoms with Gasteiger partial charge in [0.25, 0.3) is 0 Å². The number of nitrogen functional groups attached to an aromatic ring is 1. The van der Waals surface area contributed by atoms with E-state index in [-0.39, 0.29) is 12.4 Å². The van der Waals surface area contributed by atoms with Crippen LogP contribution in [0.1, 0.15) is 0 Å². The first kappa shape index (κ1) is 9.60. The van der Waals surface area contributed by atoms with Crippen molar-refractivity contribution in [2.24, 2.45) is 0 Å². The van der Waals surface area contributed by atoms with Gasteiger partial charge < -0.3 is 21.4 Å². The number of rotatable bonds is 3. The summed E-state index contributed by atoms with van der Waals surface area (Å²) in [6.07, 6.45) is 1.61. The summed E-state index contributed by atoms with van der Waals surface area (Å²) in [6.45, 7) is 0.423. The number of nitrogens with two attached hydrogens (primary N) is 1. The van der Waals surface area contributed by atoms with Gasteiger partial charge in [0, 0.05) is 5.39 Å². The molecule has 0 bridgehead atoms. The molecule has 0 spiro atoms. The third-order valence-electron chi connectivity index (χ3n) is 2.09. The second kappa shape index (κ2) is 3.66. The minimum Gasteiger partial charge on any atom is -0.506 e. The lowest BCUT2D eigenvalue weighted by atomic mass is 10.2. The van der Waals surface area contributed by atoms with Crippen LogP contribution in [-0.4, -0.2) is 33.3 Å². The van der Waals surface area contributed by atoms with E-state index in [2.05, 4.69) is 10.5 Å². The van der Waals surface area contributed by atoms with Crippen LogP contribution in [0, 0.1) is 0 Å². The van der Waals surface area contributed by atoms with Crippen molar-refractivity contribution in [1.82, 2.24) is 9.89 Å². The zero-order valence-electron chi connectivity index (χ0n) is 8.01. The van der Waals surface area contributed by atoms with Crippen molar-refractivity contribution in [3.8, 4) is 5.75 Å². The molecule has 0 unspecified atom stereocenters. The molecule has 0 atom stereocenters. The molecule has 2 rings (SSSR count). The fraction of sp³-hybridized carbons (Fsp3) is 0.222. The monoisotopic (exact) mass is 208 g/mol. The van der Waals surface area contributed by atoms with Crippen molar-refractivity contribution in [2.45, 2.75) is 0 Å². The molecule has 0 fully saturated rings. The summed E-state index contributed by atoms with van der Waals surface area (Å²) < 4.78 is 0. The number of aliphatic hydroxyl groups excluding tert-OH is 1. The van der Waals surface area contributed by atoms with Gasteiger partial charge in [0.05, 0.1) is 30.6 Å². The topological polar surface area (TPSA) is 96.3 Å². The Labute approximate surface area is 85.9 Å². The van der Waals surface area contributed by atoms with Crippen molar-refractivity contribution in [1.29, 1.82) is 0 Å². The third-order valence-corrected chi connectivity index (χ3v) is 2.09. The van der Waals surface area contributed by atoms with Crippen molar-refractivity contribution in [2.75, 3.05) is 24.3 Å². The molecule has 6 heteroatoms.